The Hall–Kier alpha value is -1.89. The number of likely N-dealkylation sites (N-methyl/N-ethyl adjacent to an activating group) is 1. The quantitative estimate of drug-likeness (QED) is 0.858. The molecule has 0 unspecified atom stereocenters. The van der Waals surface area contributed by atoms with Crippen molar-refractivity contribution in [2.45, 2.75) is 19.6 Å². The minimum Gasteiger partial charge on any atom is -0.315 e. The van der Waals surface area contributed by atoms with Crippen LogP contribution >= 0.6 is 0 Å². The Morgan fingerprint density at radius 2 is 2.05 bits per heavy atom. The second kappa shape index (κ2) is 6.04. The Morgan fingerprint density at radius 3 is 2.75 bits per heavy atom. The standard InChI is InChI=1S/C13H15F3N4/c1-2-17-6-8-20-7-4-11(19-20)12-9-10(3-5-18-12)13(14,15)16/h3-5,7,9,17H,2,6,8H2,1H3. The molecule has 0 aliphatic carbocycles. The third kappa shape index (κ3) is 3.57. The van der Waals surface area contributed by atoms with Crippen LogP contribution in [-0.2, 0) is 12.7 Å². The van der Waals surface area contributed by atoms with E-state index in [9.17, 15) is 13.2 Å². The van der Waals surface area contributed by atoms with Gasteiger partial charge in [-0.25, -0.2) is 0 Å². The summed E-state index contributed by atoms with van der Waals surface area (Å²) < 4.78 is 39.6. The van der Waals surface area contributed by atoms with Crippen molar-refractivity contribution in [2.75, 3.05) is 13.1 Å². The lowest BCUT2D eigenvalue weighted by molar-refractivity contribution is -0.137. The van der Waals surface area contributed by atoms with E-state index in [2.05, 4.69) is 15.4 Å². The number of hydrogen-bond acceptors (Lipinski definition) is 3. The van der Waals surface area contributed by atoms with Gasteiger partial charge in [-0.05, 0) is 24.7 Å². The summed E-state index contributed by atoms with van der Waals surface area (Å²) in [5, 5.41) is 7.37. The van der Waals surface area contributed by atoms with Crippen LogP contribution in [0, 0.1) is 0 Å². The van der Waals surface area contributed by atoms with Crippen molar-refractivity contribution in [1.82, 2.24) is 20.1 Å². The Bertz CT molecular complexity index is 563. The minimum atomic E-state index is -4.37. The van der Waals surface area contributed by atoms with Crippen LogP contribution in [0.2, 0.25) is 0 Å². The lowest BCUT2D eigenvalue weighted by atomic mass is 10.2. The molecule has 4 nitrogen and oxygen atoms in total. The van der Waals surface area contributed by atoms with Gasteiger partial charge >= 0.3 is 6.18 Å². The molecule has 2 aromatic rings. The zero-order chi connectivity index (χ0) is 14.6. The summed E-state index contributed by atoms with van der Waals surface area (Å²) >= 11 is 0. The van der Waals surface area contributed by atoms with Crippen LogP contribution in [0.15, 0.2) is 30.6 Å². The highest BCUT2D eigenvalue weighted by Crippen LogP contribution is 2.30. The summed E-state index contributed by atoms with van der Waals surface area (Å²) in [4.78, 5) is 3.94. The summed E-state index contributed by atoms with van der Waals surface area (Å²) in [6, 6.07) is 3.62. The molecule has 20 heavy (non-hydrogen) atoms. The van der Waals surface area contributed by atoms with Crippen molar-refractivity contribution < 1.29 is 13.2 Å². The number of hydrogen-bond donors (Lipinski definition) is 1. The third-order valence-corrected chi connectivity index (χ3v) is 2.76. The maximum absolute atomic E-state index is 12.6. The van der Waals surface area contributed by atoms with Gasteiger partial charge in [0.1, 0.15) is 5.69 Å². The van der Waals surface area contributed by atoms with Gasteiger partial charge in [0, 0.05) is 18.9 Å². The fourth-order valence-corrected chi connectivity index (χ4v) is 1.74. The molecule has 0 atom stereocenters. The van der Waals surface area contributed by atoms with E-state index in [1.165, 1.54) is 0 Å². The molecule has 0 aliphatic heterocycles. The van der Waals surface area contributed by atoms with Crippen LogP contribution in [0.25, 0.3) is 11.4 Å². The SMILES string of the molecule is CCNCCn1ccc(-c2cc(C(F)(F)F)ccn2)n1. The van der Waals surface area contributed by atoms with Gasteiger partial charge in [-0.3, -0.25) is 9.67 Å². The monoisotopic (exact) mass is 284 g/mol. The molecule has 0 spiro atoms. The second-order valence-corrected chi connectivity index (χ2v) is 4.25. The lowest BCUT2D eigenvalue weighted by Gasteiger charge is -2.06. The van der Waals surface area contributed by atoms with E-state index >= 15 is 0 Å². The predicted octanol–water partition coefficient (Wildman–Crippen LogP) is 2.57. The number of nitrogens with zero attached hydrogens (tertiary/aromatic N) is 3. The van der Waals surface area contributed by atoms with Gasteiger partial charge in [0.25, 0.3) is 0 Å². The van der Waals surface area contributed by atoms with E-state index in [1.807, 2.05) is 6.92 Å². The van der Waals surface area contributed by atoms with Crippen LogP contribution in [0.3, 0.4) is 0 Å². The summed E-state index contributed by atoms with van der Waals surface area (Å²) in [5.41, 5.74) is -0.0562. The van der Waals surface area contributed by atoms with Crippen molar-refractivity contribution in [3.63, 3.8) is 0 Å². The highest BCUT2D eigenvalue weighted by atomic mass is 19.4. The van der Waals surface area contributed by atoms with Crippen LogP contribution in [0.1, 0.15) is 12.5 Å². The van der Waals surface area contributed by atoms with Crippen LogP contribution in [-0.4, -0.2) is 27.9 Å². The van der Waals surface area contributed by atoms with Gasteiger partial charge in [0.05, 0.1) is 17.8 Å². The molecule has 2 aromatic heterocycles. The average molecular weight is 284 g/mol. The Labute approximate surface area is 114 Å². The first-order chi connectivity index (χ1) is 9.50. The third-order valence-electron chi connectivity index (χ3n) is 2.76. The molecule has 0 radical (unpaired) electrons. The Morgan fingerprint density at radius 1 is 1.25 bits per heavy atom. The Balaban J connectivity index is 2.16. The van der Waals surface area contributed by atoms with Crippen LogP contribution < -0.4 is 5.32 Å². The average Bonchev–Trinajstić information content (AvgIpc) is 2.87. The van der Waals surface area contributed by atoms with Crippen molar-refractivity contribution in [3.8, 4) is 11.4 Å². The maximum Gasteiger partial charge on any atom is 0.416 e. The van der Waals surface area contributed by atoms with Crippen LogP contribution in [0.5, 0.6) is 0 Å². The summed E-state index contributed by atoms with van der Waals surface area (Å²) in [6.45, 7) is 4.28. The highest BCUT2D eigenvalue weighted by Gasteiger charge is 2.30. The van der Waals surface area contributed by atoms with Crippen LogP contribution in [0.4, 0.5) is 13.2 Å². The number of nitrogens with one attached hydrogen (secondary N) is 1. The van der Waals surface area contributed by atoms with E-state index in [4.69, 9.17) is 0 Å². The summed E-state index contributed by atoms with van der Waals surface area (Å²) in [5.74, 6) is 0. The van der Waals surface area contributed by atoms with E-state index in [1.54, 1.807) is 16.9 Å². The molecule has 7 heteroatoms. The highest BCUT2D eigenvalue weighted by molar-refractivity contribution is 5.54. The maximum atomic E-state index is 12.6. The number of pyridine rings is 1. The molecular formula is C13H15F3N4. The predicted molar refractivity (Wildman–Crippen MR) is 69.0 cm³/mol. The Kier molecular flexibility index (Phi) is 4.39. The molecule has 2 rings (SSSR count). The van der Waals surface area contributed by atoms with Gasteiger partial charge < -0.3 is 5.32 Å². The van der Waals surface area contributed by atoms with E-state index in [0.29, 0.717) is 12.2 Å². The topological polar surface area (TPSA) is 42.7 Å². The normalized spacial score (nSPS) is 11.8. The molecule has 0 saturated heterocycles. The van der Waals surface area contributed by atoms with Crippen molar-refractivity contribution in [1.29, 1.82) is 0 Å². The number of aromatic nitrogens is 3. The number of rotatable bonds is 5. The zero-order valence-corrected chi connectivity index (χ0v) is 11.0. The second-order valence-electron chi connectivity index (χ2n) is 4.25. The van der Waals surface area contributed by atoms with Crippen molar-refractivity contribution in [2.24, 2.45) is 0 Å². The fourth-order valence-electron chi connectivity index (χ4n) is 1.74. The molecule has 0 aromatic carbocycles. The molecule has 0 bridgehead atoms. The molecule has 0 aliphatic rings. The first-order valence-electron chi connectivity index (χ1n) is 6.28. The molecular weight excluding hydrogens is 269 g/mol. The molecule has 108 valence electrons. The van der Waals surface area contributed by atoms with E-state index in [0.717, 1.165) is 31.4 Å². The van der Waals surface area contributed by atoms with Gasteiger partial charge in [0.2, 0.25) is 0 Å². The first kappa shape index (κ1) is 14.5. The van der Waals surface area contributed by atoms with Gasteiger partial charge in [-0.15, -0.1) is 0 Å². The molecule has 1 N–H and O–H groups in total. The molecule has 0 saturated carbocycles. The smallest absolute Gasteiger partial charge is 0.315 e. The zero-order valence-electron chi connectivity index (χ0n) is 11.0. The number of alkyl halides is 3. The molecule has 2 heterocycles. The summed E-state index contributed by atoms with van der Waals surface area (Å²) in [7, 11) is 0. The van der Waals surface area contributed by atoms with Crippen molar-refractivity contribution in [3.05, 3.63) is 36.2 Å². The fraction of sp³-hybridized carbons (Fsp3) is 0.385. The van der Waals surface area contributed by atoms with Gasteiger partial charge in [-0.1, -0.05) is 6.92 Å². The molecule has 0 amide bonds. The largest absolute Gasteiger partial charge is 0.416 e. The van der Waals surface area contributed by atoms with Crippen molar-refractivity contribution >= 4 is 0 Å². The molecule has 0 fully saturated rings. The number of halogens is 3. The lowest BCUT2D eigenvalue weighted by Crippen LogP contribution is -2.19. The van der Waals surface area contributed by atoms with E-state index < -0.39 is 11.7 Å². The summed E-state index contributed by atoms with van der Waals surface area (Å²) in [6.07, 6.45) is -1.49. The van der Waals surface area contributed by atoms with E-state index in [-0.39, 0.29) is 5.69 Å². The van der Waals surface area contributed by atoms with Gasteiger partial charge in [0.15, 0.2) is 0 Å². The first-order valence-corrected chi connectivity index (χ1v) is 6.28. The minimum absolute atomic E-state index is 0.224. The van der Waals surface area contributed by atoms with Gasteiger partial charge in [-0.2, -0.15) is 18.3 Å².